The molecule has 2 fully saturated rings. The Balaban J connectivity index is 1.62. The lowest BCUT2D eigenvalue weighted by molar-refractivity contribution is 0.158. The van der Waals surface area contributed by atoms with E-state index in [4.69, 9.17) is 12.2 Å². The summed E-state index contributed by atoms with van der Waals surface area (Å²) < 4.78 is 0. The minimum absolute atomic E-state index is 0.0253. The SMILES string of the molecule is Cc1ccc(CCC[C@@]2(C(O)=S)CCCN2C(=O)NC2CCCCC2)cc1. The Hall–Kier alpha value is -1.62. The zero-order chi connectivity index (χ0) is 19.3. The number of likely N-dealkylation sites (tertiary alicyclic amines) is 1. The van der Waals surface area contributed by atoms with Crippen LogP contribution in [0, 0.1) is 6.92 Å². The summed E-state index contributed by atoms with van der Waals surface area (Å²) in [6.07, 6.45) is 9.95. The van der Waals surface area contributed by atoms with Crippen LogP contribution in [-0.4, -0.2) is 39.2 Å². The van der Waals surface area contributed by atoms with Crippen LogP contribution in [0.5, 0.6) is 0 Å². The summed E-state index contributed by atoms with van der Waals surface area (Å²) in [5.74, 6) is 0. The predicted molar refractivity (Wildman–Crippen MR) is 113 cm³/mol. The van der Waals surface area contributed by atoms with E-state index in [0.717, 1.165) is 38.5 Å². The fourth-order valence-corrected chi connectivity index (χ4v) is 4.92. The molecule has 1 heterocycles. The second-order valence-electron chi connectivity index (χ2n) is 8.22. The Morgan fingerprint density at radius 3 is 2.59 bits per heavy atom. The van der Waals surface area contributed by atoms with Crippen molar-refractivity contribution in [2.45, 2.75) is 82.7 Å². The number of thiocarbonyl (C=S) groups is 1. The Labute approximate surface area is 168 Å². The van der Waals surface area contributed by atoms with Gasteiger partial charge in [-0.25, -0.2) is 4.79 Å². The molecule has 1 aliphatic carbocycles. The summed E-state index contributed by atoms with van der Waals surface area (Å²) in [4.78, 5) is 14.8. The smallest absolute Gasteiger partial charge is 0.318 e. The minimum Gasteiger partial charge on any atom is -0.500 e. The van der Waals surface area contributed by atoms with Crippen LogP contribution in [-0.2, 0) is 6.42 Å². The second-order valence-corrected chi connectivity index (χ2v) is 8.60. The van der Waals surface area contributed by atoms with Crippen LogP contribution in [0.2, 0.25) is 0 Å². The molecule has 0 aromatic heterocycles. The monoisotopic (exact) mass is 388 g/mol. The molecule has 2 N–H and O–H groups in total. The summed E-state index contributed by atoms with van der Waals surface area (Å²) in [6, 6.07) is 8.78. The van der Waals surface area contributed by atoms with E-state index in [0.29, 0.717) is 13.0 Å². The fraction of sp³-hybridized carbons (Fsp3) is 0.636. The molecule has 1 atom stereocenters. The maximum Gasteiger partial charge on any atom is 0.318 e. The average Bonchev–Trinajstić information content (AvgIpc) is 3.10. The van der Waals surface area contributed by atoms with Gasteiger partial charge < -0.3 is 15.3 Å². The Kier molecular flexibility index (Phi) is 6.74. The van der Waals surface area contributed by atoms with Crippen molar-refractivity contribution in [3.8, 4) is 0 Å². The third kappa shape index (κ3) is 4.81. The molecule has 27 heavy (non-hydrogen) atoms. The van der Waals surface area contributed by atoms with Crippen LogP contribution in [0.15, 0.2) is 24.3 Å². The zero-order valence-corrected chi connectivity index (χ0v) is 17.2. The molecule has 5 heteroatoms. The molecule has 2 aliphatic rings. The predicted octanol–water partition coefficient (Wildman–Crippen LogP) is 5.08. The molecule has 0 bridgehead atoms. The number of amides is 2. The number of urea groups is 1. The molecule has 1 aliphatic heterocycles. The normalized spacial score (nSPS) is 23.4. The van der Waals surface area contributed by atoms with Crippen molar-refractivity contribution in [3.63, 3.8) is 0 Å². The van der Waals surface area contributed by atoms with Gasteiger partial charge >= 0.3 is 6.03 Å². The van der Waals surface area contributed by atoms with E-state index in [9.17, 15) is 9.90 Å². The highest BCUT2D eigenvalue weighted by Crippen LogP contribution is 2.35. The van der Waals surface area contributed by atoms with Gasteiger partial charge in [-0.2, -0.15) is 0 Å². The van der Waals surface area contributed by atoms with E-state index in [1.54, 1.807) is 0 Å². The van der Waals surface area contributed by atoms with Crippen molar-refractivity contribution in [2.75, 3.05) is 6.54 Å². The highest BCUT2D eigenvalue weighted by atomic mass is 32.1. The van der Waals surface area contributed by atoms with E-state index in [1.807, 2.05) is 4.90 Å². The van der Waals surface area contributed by atoms with Crippen LogP contribution < -0.4 is 5.32 Å². The average molecular weight is 389 g/mol. The van der Waals surface area contributed by atoms with Crippen LogP contribution >= 0.6 is 12.2 Å². The van der Waals surface area contributed by atoms with Gasteiger partial charge in [0.05, 0.1) is 0 Å². The molecule has 2 amide bonds. The molecule has 1 saturated carbocycles. The van der Waals surface area contributed by atoms with Gasteiger partial charge in [0.1, 0.15) is 5.54 Å². The molecule has 1 aromatic rings. The standard InChI is InChI=1S/C22H32N2O2S/c1-17-10-12-18(13-11-17)7-5-14-22(20(25)27)15-6-16-24(22)21(26)23-19-8-3-2-4-9-19/h10-13,19H,2-9,14-16H2,1H3,(H,23,26)(H,25,27)/t22-/m0/s1. The number of nitrogens with one attached hydrogen (secondary N) is 1. The van der Waals surface area contributed by atoms with Crippen molar-refractivity contribution in [1.29, 1.82) is 0 Å². The van der Waals surface area contributed by atoms with Crippen molar-refractivity contribution in [3.05, 3.63) is 35.4 Å². The molecule has 0 spiro atoms. The molecule has 0 radical (unpaired) electrons. The lowest BCUT2D eigenvalue weighted by Gasteiger charge is -2.38. The summed E-state index contributed by atoms with van der Waals surface area (Å²) >= 11 is 5.25. The number of aliphatic hydroxyl groups excluding tert-OH is 1. The third-order valence-electron chi connectivity index (χ3n) is 6.24. The largest absolute Gasteiger partial charge is 0.500 e. The fourth-order valence-electron chi connectivity index (χ4n) is 4.60. The third-order valence-corrected chi connectivity index (χ3v) is 6.62. The minimum atomic E-state index is -0.682. The van der Waals surface area contributed by atoms with Crippen molar-refractivity contribution in [2.24, 2.45) is 0 Å². The summed E-state index contributed by atoms with van der Waals surface area (Å²) in [7, 11) is 0. The van der Waals surface area contributed by atoms with E-state index < -0.39 is 5.54 Å². The highest BCUT2D eigenvalue weighted by molar-refractivity contribution is 7.80. The molecular weight excluding hydrogens is 356 g/mol. The van der Waals surface area contributed by atoms with Gasteiger partial charge in [-0.05, 0) is 69.7 Å². The molecule has 3 rings (SSSR count). The van der Waals surface area contributed by atoms with Crippen LogP contribution in [0.3, 0.4) is 0 Å². The van der Waals surface area contributed by atoms with Crippen LogP contribution in [0.1, 0.15) is 68.9 Å². The first-order valence-corrected chi connectivity index (χ1v) is 10.8. The molecule has 4 nitrogen and oxygen atoms in total. The van der Waals surface area contributed by atoms with E-state index in [1.165, 1.54) is 30.4 Å². The van der Waals surface area contributed by atoms with Gasteiger partial charge in [-0.3, -0.25) is 0 Å². The lowest BCUT2D eigenvalue weighted by atomic mass is 9.89. The molecule has 0 unspecified atom stereocenters. The lowest BCUT2D eigenvalue weighted by Crippen LogP contribution is -2.57. The van der Waals surface area contributed by atoms with Gasteiger partial charge in [0, 0.05) is 12.6 Å². The number of aryl methyl sites for hydroxylation is 2. The number of nitrogens with zero attached hydrogens (tertiary/aromatic N) is 1. The Bertz CT molecular complexity index is 655. The zero-order valence-electron chi connectivity index (χ0n) is 16.4. The summed E-state index contributed by atoms with van der Waals surface area (Å²) in [5.41, 5.74) is 1.86. The van der Waals surface area contributed by atoms with Gasteiger partial charge in [-0.1, -0.05) is 49.1 Å². The first-order chi connectivity index (χ1) is 13.0. The van der Waals surface area contributed by atoms with Crippen molar-refractivity contribution < 1.29 is 9.90 Å². The van der Waals surface area contributed by atoms with E-state index in [-0.39, 0.29) is 17.1 Å². The van der Waals surface area contributed by atoms with Gasteiger partial charge in [0.25, 0.3) is 0 Å². The van der Waals surface area contributed by atoms with Gasteiger partial charge in [-0.15, -0.1) is 0 Å². The van der Waals surface area contributed by atoms with Crippen LogP contribution in [0.25, 0.3) is 0 Å². The molecule has 1 saturated heterocycles. The first-order valence-electron chi connectivity index (χ1n) is 10.4. The maximum atomic E-state index is 12.9. The van der Waals surface area contributed by atoms with E-state index in [2.05, 4.69) is 36.5 Å². The second kappa shape index (κ2) is 9.05. The maximum absolute atomic E-state index is 12.9. The van der Waals surface area contributed by atoms with Gasteiger partial charge in [0.2, 0.25) is 0 Å². The Morgan fingerprint density at radius 1 is 1.22 bits per heavy atom. The van der Waals surface area contributed by atoms with E-state index >= 15 is 0 Å². The van der Waals surface area contributed by atoms with Crippen molar-refractivity contribution in [1.82, 2.24) is 10.2 Å². The topological polar surface area (TPSA) is 52.6 Å². The number of benzene rings is 1. The quantitative estimate of drug-likeness (QED) is 0.668. The number of carbonyl (C=O) groups excluding carboxylic acids is 1. The number of aliphatic hydroxyl groups is 1. The molecular formula is C22H32N2O2S. The molecule has 1 aromatic carbocycles. The number of rotatable bonds is 6. The first kappa shape index (κ1) is 20.1. The molecule has 148 valence electrons. The number of carbonyl (C=O) groups is 1. The van der Waals surface area contributed by atoms with Crippen LogP contribution in [0.4, 0.5) is 4.79 Å². The van der Waals surface area contributed by atoms with Crippen molar-refractivity contribution >= 4 is 23.3 Å². The summed E-state index contributed by atoms with van der Waals surface area (Å²) in [6.45, 7) is 2.76. The summed E-state index contributed by atoms with van der Waals surface area (Å²) in [5, 5.41) is 13.5. The Morgan fingerprint density at radius 2 is 1.93 bits per heavy atom. The highest BCUT2D eigenvalue weighted by Gasteiger charge is 2.47. The van der Waals surface area contributed by atoms with Gasteiger partial charge in [0.15, 0.2) is 5.05 Å². The number of hydrogen-bond donors (Lipinski definition) is 2. The number of hydrogen-bond acceptors (Lipinski definition) is 2.